The molecular formula is C12H13ClN2S. The zero-order valence-corrected chi connectivity index (χ0v) is 10.6. The van der Waals surface area contributed by atoms with Crippen LogP contribution in [0.25, 0.3) is 0 Å². The van der Waals surface area contributed by atoms with Crippen molar-refractivity contribution >= 4 is 28.6 Å². The summed E-state index contributed by atoms with van der Waals surface area (Å²) in [7, 11) is 0. The molecule has 2 rings (SSSR count). The second kappa shape index (κ2) is 5.32. The highest BCUT2D eigenvalue weighted by molar-refractivity contribution is 7.09. The van der Waals surface area contributed by atoms with E-state index in [9.17, 15) is 0 Å². The molecule has 0 unspecified atom stereocenters. The molecule has 0 aliphatic rings. The lowest BCUT2D eigenvalue weighted by atomic mass is 10.2. The lowest BCUT2D eigenvalue weighted by Gasteiger charge is -2.05. The number of alkyl halides is 1. The number of aryl methyl sites for hydroxylation is 1. The van der Waals surface area contributed by atoms with Gasteiger partial charge in [-0.2, -0.15) is 0 Å². The normalized spacial score (nSPS) is 10.4. The number of aromatic nitrogens is 1. The van der Waals surface area contributed by atoms with Gasteiger partial charge in [-0.25, -0.2) is 4.98 Å². The molecule has 1 aromatic carbocycles. The van der Waals surface area contributed by atoms with Gasteiger partial charge in [-0.1, -0.05) is 12.1 Å². The lowest BCUT2D eigenvalue weighted by Crippen LogP contribution is -1.99. The quantitative estimate of drug-likeness (QED) is 0.838. The Bertz CT molecular complexity index is 468. The van der Waals surface area contributed by atoms with Gasteiger partial charge < -0.3 is 5.32 Å². The third-order valence-corrected chi connectivity index (χ3v) is 3.47. The zero-order chi connectivity index (χ0) is 11.4. The van der Waals surface area contributed by atoms with Crippen LogP contribution in [-0.2, 0) is 12.4 Å². The molecule has 2 aromatic rings. The summed E-state index contributed by atoms with van der Waals surface area (Å²) < 4.78 is 0. The minimum Gasteiger partial charge on any atom is -0.379 e. The van der Waals surface area contributed by atoms with Crippen LogP contribution in [0.4, 0.5) is 5.69 Å². The molecule has 0 radical (unpaired) electrons. The van der Waals surface area contributed by atoms with E-state index in [-0.39, 0.29) is 0 Å². The van der Waals surface area contributed by atoms with Crippen molar-refractivity contribution in [2.45, 2.75) is 19.3 Å². The van der Waals surface area contributed by atoms with Crippen molar-refractivity contribution in [3.63, 3.8) is 0 Å². The Morgan fingerprint density at radius 2 is 2.31 bits per heavy atom. The fraction of sp³-hybridized carbons (Fsp3) is 0.250. The topological polar surface area (TPSA) is 24.9 Å². The average molecular weight is 253 g/mol. The Labute approximate surface area is 104 Å². The van der Waals surface area contributed by atoms with Crippen LogP contribution in [0.2, 0.25) is 0 Å². The first kappa shape index (κ1) is 11.4. The van der Waals surface area contributed by atoms with Crippen molar-refractivity contribution in [3.8, 4) is 0 Å². The molecule has 0 aliphatic heterocycles. The molecule has 4 heteroatoms. The summed E-state index contributed by atoms with van der Waals surface area (Å²) in [5, 5.41) is 6.51. The SMILES string of the molecule is Cc1csc(CNc2cccc(CCl)c2)n1. The van der Waals surface area contributed by atoms with Crippen LogP contribution >= 0.6 is 22.9 Å². The number of benzene rings is 1. The van der Waals surface area contributed by atoms with Crippen molar-refractivity contribution in [2.24, 2.45) is 0 Å². The van der Waals surface area contributed by atoms with Crippen molar-refractivity contribution in [2.75, 3.05) is 5.32 Å². The third-order valence-electron chi connectivity index (χ3n) is 2.19. The second-order valence-electron chi connectivity index (χ2n) is 3.57. The average Bonchev–Trinajstić information content (AvgIpc) is 2.73. The lowest BCUT2D eigenvalue weighted by molar-refractivity contribution is 1.07. The number of nitrogens with zero attached hydrogens (tertiary/aromatic N) is 1. The number of thiazole rings is 1. The van der Waals surface area contributed by atoms with Crippen molar-refractivity contribution < 1.29 is 0 Å². The highest BCUT2D eigenvalue weighted by Crippen LogP contribution is 2.15. The van der Waals surface area contributed by atoms with Gasteiger partial charge in [0.1, 0.15) is 5.01 Å². The maximum atomic E-state index is 5.78. The van der Waals surface area contributed by atoms with Crippen molar-refractivity contribution in [1.29, 1.82) is 0 Å². The Morgan fingerprint density at radius 1 is 1.44 bits per heavy atom. The van der Waals surface area contributed by atoms with Gasteiger partial charge in [0, 0.05) is 22.6 Å². The van der Waals surface area contributed by atoms with Gasteiger partial charge in [0.15, 0.2) is 0 Å². The van der Waals surface area contributed by atoms with E-state index in [1.807, 2.05) is 25.1 Å². The van der Waals surface area contributed by atoms with Crippen LogP contribution in [0.15, 0.2) is 29.6 Å². The third kappa shape index (κ3) is 2.97. The molecule has 0 amide bonds. The molecule has 0 spiro atoms. The van der Waals surface area contributed by atoms with E-state index in [1.54, 1.807) is 11.3 Å². The number of hydrogen-bond acceptors (Lipinski definition) is 3. The largest absolute Gasteiger partial charge is 0.379 e. The summed E-state index contributed by atoms with van der Waals surface area (Å²) in [6, 6.07) is 8.13. The van der Waals surface area contributed by atoms with E-state index in [0.29, 0.717) is 5.88 Å². The van der Waals surface area contributed by atoms with E-state index in [4.69, 9.17) is 11.6 Å². The zero-order valence-electron chi connectivity index (χ0n) is 9.03. The molecule has 0 atom stereocenters. The molecule has 0 bridgehead atoms. The van der Waals surface area contributed by atoms with Crippen molar-refractivity contribution in [3.05, 3.63) is 45.9 Å². The summed E-state index contributed by atoms with van der Waals surface area (Å²) in [6.07, 6.45) is 0. The number of halogens is 1. The monoisotopic (exact) mass is 252 g/mol. The van der Waals surface area contributed by atoms with Crippen LogP contribution < -0.4 is 5.32 Å². The maximum absolute atomic E-state index is 5.78. The van der Waals surface area contributed by atoms with Gasteiger partial charge in [-0.3, -0.25) is 0 Å². The van der Waals surface area contributed by atoms with E-state index in [2.05, 4.69) is 21.7 Å². The molecule has 16 heavy (non-hydrogen) atoms. The number of hydrogen-bond donors (Lipinski definition) is 1. The van der Waals surface area contributed by atoms with E-state index in [0.717, 1.165) is 28.5 Å². The molecular weight excluding hydrogens is 240 g/mol. The van der Waals surface area contributed by atoms with Crippen LogP contribution in [0.5, 0.6) is 0 Å². The molecule has 0 fully saturated rings. The van der Waals surface area contributed by atoms with E-state index in [1.165, 1.54) is 0 Å². The van der Waals surface area contributed by atoms with Crippen molar-refractivity contribution in [1.82, 2.24) is 4.98 Å². The number of rotatable bonds is 4. The molecule has 1 N–H and O–H groups in total. The Kier molecular flexibility index (Phi) is 3.80. The minimum atomic E-state index is 0.548. The summed E-state index contributed by atoms with van der Waals surface area (Å²) in [4.78, 5) is 4.40. The highest BCUT2D eigenvalue weighted by atomic mass is 35.5. The molecule has 1 heterocycles. The minimum absolute atomic E-state index is 0.548. The first-order valence-corrected chi connectivity index (χ1v) is 6.49. The van der Waals surface area contributed by atoms with E-state index >= 15 is 0 Å². The highest BCUT2D eigenvalue weighted by Gasteiger charge is 1.99. The predicted molar refractivity (Wildman–Crippen MR) is 70.2 cm³/mol. The number of nitrogens with one attached hydrogen (secondary N) is 1. The summed E-state index contributed by atoms with van der Waals surface area (Å²) in [5.41, 5.74) is 3.30. The van der Waals surface area contributed by atoms with Gasteiger partial charge in [-0.15, -0.1) is 22.9 Å². The van der Waals surface area contributed by atoms with Crippen LogP contribution in [0.1, 0.15) is 16.3 Å². The van der Waals surface area contributed by atoms with Gasteiger partial charge in [0.05, 0.1) is 6.54 Å². The van der Waals surface area contributed by atoms with Gasteiger partial charge in [0.25, 0.3) is 0 Å². The van der Waals surface area contributed by atoms with Gasteiger partial charge in [0.2, 0.25) is 0 Å². The summed E-state index contributed by atoms with van der Waals surface area (Å²) in [6.45, 7) is 2.78. The molecule has 0 saturated heterocycles. The first-order valence-electron chi connectivity index (χ1n) is 5.08. The molecule has 2 nitrogen and oxygen atoms in total. The van der Waals surface area contributed by atoms with Crippen LogP contribution in [0.3, 0.4) is 0 Å². The predicted octanol–water partition coefficient (Wildman–Crippen LogP) is 3.80. The maximum Gasteiger partial charge on any atom is 0.112 e. The standard InChI is InChI=1S/C12H13ClN2S/c1-9-8-16-12(15-9)7-14-11-4-2-3-10(5-11)6-13/h2-5,8,14H,6-7H2,1H3. The summed E-state index contributed by atoms with van der Waals surface area (Å²) in [5.74, 6) is 0.548. The van der Waals surface area contributed by atoms with Gasteiger partial charge >= 0.3 is 0 Å². The second-order valence-corrected chi connectivity index (χ2v) is 4.78. The fourth-order valence-corrected chi connectivity index (χ4v) is 2.30. The van der Waals surface area contributed by atoms with Crippen LogP contribution in [0, 0.1) is 6.92 Å². The summed E-state index contributed by atoms with van der Waals surface area (Å²) >= 11 is 7.46. The Hall–Kier alpha value is -1.06. The molecule has 0 saturated carbocycles. The molecule has 0 aliphatic carbocycles. The smallest absolute Gasteiger partial charge is 0.112 e. The number of anilines is 1. The molecule has 84 valence electrons. The van der Waals surface area contributed by atoms with E-state index < -0.39 is 0 Å². The Balaban J connectivity index is 1.99. The Morgan fingerprint density at radius 3 is 3.00 bits per heavy atom. The fourth-order valence-electron chi connectivity index (χ4n) is 1.43. The van der Waals surface area contributed by atoms with Gasteiger partial charge in [-0.05, 0) is 24.6 Å². The van der Waals surface area contributed by atoms with Crippen LogP contribution in [-0.4, -0.2) is 4.98 Å². The first-order chi connectivity index (χ1) is 7.78. The molecule has 1 aromatic heterocycles.